The second kappa shape index (κ2) is 6.95. The van der Waals surface area contributed by atoms with Gasteiger partial charge in [0.15, 0.2) is 11.5 Å². The predicted molar refractivity (Wildman–Crippen MR) is 83.5 cm³/mol. The lowest BCUT2D eigenvalue weighted by molar-refractivity contribution is 0.353. The van der Waals surface area contributed by atoms with Crippen LogP contribution in [0.1, 0.15) is 6.42 Å². The average Bonchev–Trinajstić information content (AvgIpc) is 2.76. The molecule has 1 saturated heterocycles. The molecular weight excluding hydrogens is 360 g/mol. The molecule has 0 spiro atoms. The van der Waals surface area contributed by atoms with Gasteiger partial charge in [0.1, 0.15) is 4.90 Å². The Bertz CT molecular complexity index is 598. The van der Waals surface area contributed by atoms with E-state index >= 15 is 0 Å². The number of hydrogen-bond donors (Lipinski definition) is 1. The van der Waals surface area contributed by atoms with E-state index in [9.17, 15) is 8.42 Å². The van der Waals surface area contributed by atoms with E-state index < -0.39 is 10.0 Å². The SMILES string of the molecule is COc1cc(Br)c(S(=O)(=O)N2CCCNCC2)cc1OC. The third-order valence-corrected chi connectivity index (χ3v) is 6.21. The molecule has 0 amide bonds. The van der Waals surface area contributed by atoms with Gasteiger partial charge in [-0.25, -0.2) is 8.42 Å². The van der Waals surface area contributed by atoms with Crippen LogP contribution in [-0.4, -0.2) is 53.1 Å². The van der Waals surface area contributed by atoms with E-state index in [2.05, 4.69) is 21.2 Å². The fraction of sp³-hybridized carbons (Fsp3) is 0.538. The molecule has 21 heavy (non-hydrogen) atoms. The van der Waals surface area contributed by atoms with Crippen LogP contribution in [-0.2, 0) is 10.0 Å². The minimum atomic E-state index is -3.56. The van der Waals surface area contributed by atoms with E-state index in [1.54, 1.807) is 6.07 Å². The lowest BCUT2D eigenvalue weighted by Crippen LogP contribution is -2.34. The molecule has 1 aliphatic rings. The molecule has 0 aliphatic carbocycles. The van der Waals surface area contributed by atoms with Gasteiger partial charge in [0, 0.05) is 30.2 Å². The van der Waals surface area contributed by atoms with E-state index in [-0.39, 0.29) is 4.90 Å². The number of hydrogen-bond acceptors (Lipinski definition) is 5. The molecule has 6 nitrogen and oxygen atoms in total. The van der Waals surface area contributed by atoms with Gasteiger partial charge in [0.25, 0.3) is 0 Å². The Labute approximate surface area is 133 Å². The van der Waals surface area contributed by atoms with Crippen LogP contribution in [0, 0.1) is 0 Å². The molecule has 0 atom stereocenters. The Morgan fingerprint density at radius 3 is 2.48 bits per heavy atom. The first-order valence-corrected chi connectivity index (χ1v) is 8.86. The first-order chi connectivity index (χ1) is 10.0. The quantitative estimate of drug-likeness (QED) is 0.858. The number of nitrogens with one attached hydrogen (secondary N) is 1. The summed E-state index contributed by atoms with van der Waals surface area (Å²) < 4.78 is 37.9. The summed E-state index contributed by atoms with van der Waals surface area (Å²) in [6.07, 6.45) is 0.796. The van der Waals surface area contributed by atoms with Gasteiger partial charge in [0.2, 0.25) is 10.0 Å². The maximum atomic E-state index is 12.8. The normalized spacial score (nSPS) is 17.3. The zero-order chi connectivity index (χ0) is 15.5. The Morgan fingerprint density at radius 2 is 1.81 bits per heavy atom. The largest absolute Gasteiger partial charge is 0.493 e. The van der Waals surface area contributed by atoms with Gasteiger partial charge >= 0.3 is 0 Å². The molecule has 2 rings (SSSR count). The molecule has 0 aromatic heterocycles. The van der Waals surface area contributed by atoms with Crippen LogP contribution in [0.25, 0.3) is 0 Å². The molecular formula is C13H19BrN2O4S. The summed E-state index contributed by atoms with van der Waals surface area (Å²) >= 11 is 3.32. The molecule has 8 heteroatoms. The van der Waals surface area contributed by atoms with Gasteiger partial charge in [-0.1, -0.05) is 0 Å². The zero-order valence-corrected chi connectivity index (χ0v) is 14.5. The molecule has 0 saturated carbocycles. The number of ether oxygens (including phenoxy) is 2. The Morgan fingerprint density at radius 1 is 1.14 bits per heavy atom. The van der Waals surface area contributed by atoms with Crippen molar-refractivity contribution in [3.05, 3.63) is 16.6 Å². The third kappa shape index (κ3) is 3.50. The van der Waals surface area contributed by atoms with Crippen LogP contribution < -0.4 is 14.8 Å². The molecule has 1 N–H and O–H groups in total. The second-order valence-corrected chi connectivity index (χ2v) is 7.41. The minimum Gasteiger partial charge on any atom is -0.493 e. The molecule has 118 valence electrons. The molecule has 1 aliphatic heterocycles. The highest BCUT2D eigenvalue weighted by Gasteiger charge is 2.28. The Balaban J connectivity index is 2.43. The van der Waals surface area contributed by atoms with E-state index in [0.717, 1.165) is 13.0 Å². The molecule has 1 aromatic carbocycles. The number of sulfonamides is 1. The van der Waals surface area contributed by atoms with Crippen LogP contribution in [0.4, 0.5) is 0 Å². The van der Waals surface area contributed by atoms with Crippen LogP contribution >= 0.6 is 15.9 Å². The predicted octanol–water partition coefficient (Wildman–Crippen LogP) is 1.45. The van der Waals surface area contributed by atoms with Crippen LogP contribution in [0.3, 0.4) is 0 Å². The average molecular weight is 379 g/mol. The number of benzene rings is 1. The van der Waals surface area contributed by atoms with Crippen molar-refractivity contribution in [3.8, 4) is 11.5 Å². The summed E-state index contributed by atoms with van der Waals surface area (Å²) in [4.78, 5) is 0.196. The number of methoxy groups -OCH3 is 2. The van der Waals surface area contributed by atoms with Crippen molar-refractivity contribution >= 4 is 26.0 Å². The lowest BCUT2D eigenvalue weighted by Gasteiger charge is -2.21. The summed E-state index contributed by atoms with van der Waals surface area (Å²) in [5, 5.41) is 3.19. The van der Waals surface area contributed by atoms with E-state index in [4.69, 9.17) is 9.47 Å². The Hall–Kier alpha value is -0.830. The van der Waals surface area contributed by atoms with Crippen molar-refractivity contribution in [2.75, 3.05) is 40.4 Å². The molecule has 1 aromatic rings. The second-order valence-electron chi connectivity index (χ2n) is 4.65. The summed E-state index contributed by atoms with van der Waals surface area (Å²) in [6.45, 7) is 2.46. The molecule has 1 heterocycles. The van der Waals surface area contributed by atoms with Crippen molar-refractivity contribution in [3.63, 3.8) is 0 Å². The topological polar surface area (TPSA) is 67.9 Å². The Kier molecular flexibility index (Phi) is 5.48. The van der Waals surface area contributed by atoms with E-state index in [1.807, 2.05) is 0 Å². The van der Waals surface area contributed by atoms with Crippen molar-refractivity contribution in [1.29, 1.82) is 0 Å². The fourth-order valence-corrected chi connectivity index (χ4v) is 4.71. The molecule has 0 radical (unpaired) electrons. The highest BCUT2D eigenvalue weighted by atomic mass is 79.9. The monoisotopic (exact) mass is 378 g/mol. The lowest BCUT2D eigenvalue weighted by atomic mass is 10.3. The maximum absolute atomic E-state index is 12.8. The van der Waals surface area contributed by atoms with Gasteiger partial charge in [0.05, 0.1) is 14.2 Å². The minimum absolute atomic E-state index is 0.196. The van der Waals surface area contributed by atoms with Gasteiger partial charge in [-0.15, -0.1) is 0 Å². The maximum Gasteiger partial charge on any atom is 0.244 e. The third-order valence-electron chi connectivity index (χ3n) is 3.35. The number of halogens is 1. The van der Waals surface area contributed by atoms with Gasteiger partial charge in [-0.3, -0.25) is 0 Å². The van der Waals surface area contributed by atoms with Gasteiger partial charge in [-0.05, 0) is 35.0 Å². The van der Waals surface area contributed by atoms with Crippen molar-refractivity contribution in [1.82, 2.24) is 9.62 Å². The van der Waals surface area contributed by atoms with Gasteiger partial charge < -0.3 is 14.8 Å². The smallest absolute Gasteiger partial charge is 0.244 e. The van der Waals surface area contributed by atoms with E-state index in [0.29, 0.717) is 35.6 Å². The first-order valence-electron chi connectivity index (χ1n) is 6.63. The standard InChI is InChI=1S/C13H19BrN2O4S/c1-19-11-8-10(14)13(9-12(11)20-2)21(17,18)16-6-3-4-15-5-7-16/h8-9,15H,3-7H2,1-2H3. The van der Waals surface area contributed by atoms with Crippen molar-refractivity contribution in [2.45, 2.75) is 11.3 Å². The number of nitrogens with zero attached hydrogens (tertiary/aromatic N) is 1. The summed E-state index contributed by atoms with van der Waals surface area (Å²) in [7, 11) is -0.566. The molecule has 0 bridgehead atoms. The van der Waals surface area contributed by atoms with Crippen LogP contribution in [0.5, 0.6) is 11.5 Å². The van der Waals surface area contributed by atoms with Crippen molar-refractivity contribution in [2.24, 2.45) is 0 Å². The number of rotatable bonds is 4. The zero-order valence-electron chi connectivity index (χ0n) is 12.1. The van der Waals surface area contributed by atoms with Crippen LogP contribution in [0.15, 0.2) is 21.5 Å². The summed E-state index contributed by atoms with van der Waals surface area (Å²) in [6, 6.07) is 3.11. The highest BCUT2D eigenvalue weighted by Crippen LogP contribution is 2.36. The van der Waals surface area contributed by atoms with Gasteiger partial charge in [-0.2, -0.15) is 4.31 Å². The fourth-order valence-electron chi connectivity index (χ4n) is 2.23. The van der Waals surface area contributed by atoms with E-state index in [1.165, 1.54) is 24.6 Å². The molecule has 0 unspecified atom stereocenters. The highest BCUT2D eigenvalue weighted by molar-refractivity contribution is 9.10. The van der Waals surface area contributed by atoms with Crippen molar-refractivity contribution < 1.29 is 17.9 Å². The van der Waals surface area contributed by atoms with Crippen LogP contribution in [0.2, 0.25) is 0 Å². The molecule has 1 fully saturated rings. The summed E-state index contributed by atoms with van der Waals surface area (Å²) in [5.74, 6) is 0.882. The summed E-state index contributed by atoms with van der Waals surface area (Å²) in [5.41, 5.74) is 0. The first kappa shape index (κ1) is 16.5.